The van der Waals surface area contributed by atoms with Gasteiger partial charge in [-0.3, -0.25) is 0 Å². The number of aromatic nitrogens is 2. The fraction of sp³-hybridized carbons (Fsp3) is 0.167. The highest BCUT2D eigenvalue weighted by molar-refractivity contribution is 5.74. The second kappa shape index (κ2) is 2.64. The van der Waals surface area contributed by atoms with E-state index in [1.165, 1.54) is 22.3 Å². The van der Waals surface area contributed by atoms with Crippen LogP contribution in [0.25, 0.3) is 11.1 Å². The third-order valence-corrected chi connectivity index (χ3v) is 2.70. The van der Waals surface area contributed by atoms with Gasteiger partial charge < -0.3 is 0 Å². The van der Waals surface area contributed by atoms with E-state index in [-0.39, 0.29) is 0 Å². The Labute approximate surface area is 82.7 Å². The number of fused-ring (bicyclic) bond motifs is 3. The van der Waals surface area contributed by atoms with Crippen molar-refractivity contribution in [1.82, 2.24) is 9.97 Å². The molecule has 0 aliphatic heterocycles. The minimum Gasteiger partial charge on any atom is -0.244 e. The summed E-state index contributed by atoms with van der Waals surface area (Å²) in [7, 11) is 0. The van der Waals surface area contributed by atoms with Crippen LogP contribution in [-0.2, 0) is 6.42 Å². The van der Waals surface area contributed by atoms with Gasteiger partial charge >= 0.3 is 0 Å². The molecule has 0 amide bonds. The van der Waals surface area contributed by atoms with Crippen molar-refractivity contribution in [2.45, 2.75) is 13.3 Å². The maximum Gasteiger partial charge on any atom is 0.115 e. The summed E-state index contributed by atoms with van der Waals surface area (Å²) in [5.41, 5.74) is 6.33. The lowest BCUT2D eigenvalue weighted by atomic mass is 10.1. The highest BCUT2D eigenvalue weighted by Crippen LogP contribution is 2.34. The second-order valence-electron chi connectivity index (χ2n) is 3.72. The molecule has 0 unspecified atom stereocenters. The van der Waals surface area contributed by atoms with Gasteiger partial charge in [0.25, 0.3) is 0 Å². The van der Waals surface area contributed by atoms with E-state index in [9.17, 15) is 0 Å². The van der Waals surface area contributed by atoms with Crippen LogP contribution in [-0.4, -0.2) is 9.97 Å². The largest absolute Gasteiger partial charge is 0.244 e. The molecule has 0 fully saturated rings. The normalized spacial score (nSPS) is 12.4. The molecule has 1 heterocycles. The number of hydrogen-bond donors (Lipinski definition) is 0. The topological polar surface area (TPSA) is 25.8 Å². The van der Waals surface area contributed by atoms with Crippen LogP contribution in [0.4, 0.5) is 0 Å². The Kier molecular flexibility index (Phi) is 1.45. The first-order valence-corrected chi connectivity index (χ1v) is 4.73. The fourth-order valence-electron chi connectivity index (χ4n) is 2.03. The number of benzene rings is 1. The van der Waals surface area contributed by atoms with Gasteiger partial charge in [-0.25, -0.2) is 9.97 Å². The molecule has 0 saturated heterocycles. The smallest absolute Gasteiger partial charge is 0.115 e. The fourth-order valence-corrected chi connectivity index (χ4v) is 2.03. The van der Waals surface area contributed by atoms with Gasteiger partial charge in [0.15, 0.2) is 0 Å². The predicted molar refractivity (Wildman–Crippen MR) is 55.0 cm³/mol. The zero-order chi connectivity index (χ0) is 9.54. The highest BCUT2D eigenvalue weighted by atomic mass is 14.8. The van der Waals surface area contributed by atoms with Crippen LogP contribution in [0.2, 0.25) is 0 Å². The van der Waals surface area contributed by atoms with Crippen molar-refractivity contribution in [3.05, 3.63) is 47.5 Å². The number of rotatable bonds is 0. The maximum atomic E-state index is 4.29. The Hall–Kier alpha value is -1.70. The molecule has 0 bridgehead atoms. The highest BCUT2D eigenvalue weighted by Gasteiger charge is 2.18. The molecule has 0 radical (unpaired) electrons. The van der Waals surface area contributed by atoms with Crippen LogP contribution in [0.15, 0.2) is 30.7 Å². The summed E-state index contributed by atoms with van der Waals surface area (Å²) in [4.78, 5) is 8.36. The summed E-state index contributed by atoms with van der Waals surface area (Å²) in [6, 6.07) is 6.54. The lowest BCUT2D eigenvalue weighted by Crippen LogP contribution is -1.86. The van der Waals surface area contributed by atoms with Crippen LogP contribution in [0, 0.1) is 6.92 Å². The third kappa shape index (κ3) is 0.970. The van der Waals surface area contributed by atoms with Gasteiger partial charge in [-0.15, -0.1) is 0 Å². The summed E-state index contributed by atoms with van der Waals surface area (Å²) in [6.07, 6.45) is 4.48. The third-order valence-electron chi connectivity index (χ3n) is 2.70. The molecule has 2 nitrogen and oxygen atoms in total. The molecule has 14 heavy (non-hydrogen) atoms. The van der Waals surface area contributed by atoms with Crippen molar-refractivity contribution >= 4 is 0 Å². The van der Waals surface area contributed by atoms with Gasteiger partial charge in [0.2, 0.25) is 0 Å². The van der Waals surface area contributed by atoms with E-state index >= 15 is 0 Å². The van der Waals surface area contributed by atoms with E-state index in [0.717, 1.165) is 12.1 Å². The summed E-state index contributed by atoms with van der Waals surface area (Å²) >= 11 is 0. The van der Waals surface area contributed by atoms with E-state index in [2.05, 4.69) is 35.1 Å². The second-order valence-corrected chi connectivity index (χ2v) is 3.72. The molecule has 1 aromatic carbocycles. The first-order chi connectivity index (χ1) is 6.84. The molecular formula is C12H10N2. The van der Waals surface area contributed by atoms with Crippen LogP contribution in [0.5, 0.6) is 0 Å². The van der Waals surface area contributed by atoms with E-state index < -0.39 is 0 Å². The molecular weight excluding hydrogens is 172 g/mol. The molecule has 68 valence electrons. The summed E-state index contributed by atoms with van der Waals surface area (Å²) in [6.45, 7) is 2.12. The van der Waals surface area contributed by atoms with Crippen LogP contribution in [0.1, 0.15) is 16.8 Å². The predicted octanol–water partition coefficient (Wildman–Crippen LogP) is 2.36. The molecule has 1 aliphatic rings. The molecule has 0 saturated carbocycles. The average Bonchev–Trinajstić information content (AvgIpc) is 2.54. The molecule has 1 aromatic heterocycles. The molecule has 2 heteroatoms. The van der Waals surface area contributed by atoms with Crippen LogP contribution in [0.3, 0.4) is 0 Å². The van der Waals surface area contributed by atoms with Crippen molar-refractivity contribution in [1.29, 1.82) is 0 Å². The lowest BCUT2D eigenvalue weighted by Gasteiger charge is -1.99. The Balaban J connectivity index is 2.27. The van der Waals surface area contributed by atoms with Crippen molar-refractivity contribution in [3.8, 4) is 11.1 Å². The Bertz CT molecular complexity index is 503. The van der Waals surface area contributed by atoms with Gasteiger partial charge in [-0.2, -0.15) is 0 Å². The molecule has 1 aliphatic carbocycles. The molecule has 3 rings (SSSR count). The van der Waals surface area contributed by atoms with Crippen molar-refractivity contribution < 1.29 is 0 Å². The van der Waals surface area contributed by atoms with Crippen molar-refractivity contribution in [3.63, 3.8) is 0 Å². The van der Waals surface area contributed by atoms with Crippen LogP contribution >= 0.6 is 0 Å². The number of hydrogen-bond acceptors (Lipinski definition) is 2. The van der Waals surface area contributed by atoms with Gasteiger partial charge in [-0.1, -0.05) is 23.8 Å². The van der Waals surface area contributed by atoms with Gasteiger partial charge in [0.05, 0.1) is 5.69 Å². The summed E-state index contributed by atoms with van der Waals surface area (Å²) in [5.74, 6) is 0. The minimum absolute atomic E-state index is 0.953. The zero-order valence-corrected chi connectivity index (χ0v) is 7.99. The molecule has 0 N–H and O–H groups in total. The monoisotopic (exact) mass is 182 g/mol. The van der Waals surface area contributed by atoms with Gasteiger partial charge in [0.1, 0.15) is 6.33 Å². The first kappa shape index (κ1) is 7.68. The Morgan fingerprint density at radius 1 is 1.21 bits per heavy atom. The maximum absolute atomic E-state index is 4.29. The van der Waals surface area contributed by atoms with E-state index in [4.69, 9.17) is 0 Å². The Morgan fingerprint density at radius 3 is 3.07 bits per heavy atom. The first-order valence-electron chi connectivity index (χ1n) is 4.73. The Morgan fingerprint density at radius 2 is 2.14 bits per heavy atom. The molecule has 0 atom stereocenters. The number of aryl methyl sites for hydroxylation is 1. The van der Waals surface area contributed by atoms with Crippen LogP contribution < -0.4 is 0 Å². The van der Waals surface area contributed by atoms with Gasteiger partial charge in [-0.05, 0) is 18.1 Å². The summed E-state index contributed by atoms with van der Waals surface area (Å²) in [5, 5.41) is 0. The lowest BCUT2D eigenvalue weighted by molar-refractivity contribution is 1.07. The van der Waals surface area contributed by atoms with E-state index in [1.807, 2.05) is 6.20 Å². The summed E-state index contributed by atoms with van der Waals surface area (Å²) < 4.78 is 0. The molecule has 0 spiro atoms. The van der Waals surface area contributed by atoms with Gasteiger partial charge in [0, 0.05) is 18.2 Å². The minimum atomic E-state index is 0.953. The van der Waals surface area contributed by atoms with E-state index in [1.54, 1.807) is 6.33 Å². The van der Waals surface area contributed by atoms with Crippen molar-refractivity contribution in [2.75, 3.05) is 0 Å². The average molecular weight is 182 g/mol. The number of nitrogens with zero attached hydrogens (tertiary/aromatic N) is 2. The quantitative estimate of drug-likeness (QED) is 0.533. The standard InChI is InChI=1S/C12H10N2/c1-8-2-3-10-9(4-8)5-12-11(10)6-13-7-14-12/h2-4,6-7H,5H2,1H3. The zero-order valence-electron chi connectivity index (χ0n) is 7.99. The van der Waals surface area contributed by atoms with Crippen molar-refractivity contribution in [2.24, 2.45) is 0 Å². The molecule has 2 aromatic rings. The van der Waals surface area contributed by atoms with E-state index in [0.29, 0.717) is 0 Å². The SMILES string of the molecule is Cc1ccc2c(c1)Cc1ncncc1-2.